The summed E-state index contributed by atoms with van der Waals surface area (Å²) in [6.45, 7) is 1.35. The maximum atomic E-state index is 12.5. The van der Waals surface area contributed by atoms with E-state index in [1.54, 1.807) is 6.20 Å². The summed E-state index contributed by atoms with van der Waals surface area (Å²) < 4.78 is 0. The molecule has 0 spiro atoms. The minimum atomic E-state index is -0.0415. The minimum absolute atomic E-state index is 0.0415. The summed E-state index contributed by atoms with van der Waals surface area (Å²) in [5.74, 6) is 0.313. The van der Waals surface area contributed by atoms with Gasteiger partial charge in [-0.25, -0.2) is 0 Å². The molecule has 0 bridgehead atoms. The van der Waals surface area contributed by atoms with Crippen LogP contribution >= 0.6 is 11.3 Å². The summed E-state index contributed by atoms with van der Waals surface area (Å²) in [5, 5.41) is 8.61. The standard InChI is InChI=1S/C17H21N3O2S/c21-16(7-1-4-13-10-18-19-11-13)20-8-2-5-14(12-20)17(22)15-6-3-9-23-15/h3,6,9-11,14H,1-2,4-5,7-8,12H2,(H,18,19)/t14-/m0/s1. The number of likely N-dealkylation sites (tertiary alicyclic amines) is 1. The molecule has 2 aromatic heterocycles. The Hall–Kier alpha value is -1.95. The Morgan fingerprint density at radius 2 is 2.35 bits per heavy atom. The lowest BCUT2D eigenvalue weighted by Gasteiger charge is -2.32. The van der Waals surface area contributed by atoms with Gasteiger partial charge in [-0.05, 0) is 42.7 Å². The molecule has 1 N–H and O–H groups in total. The second-order valence-electron chi connectivity index (χ2n) is 5.98. The number of aromatic nitrogens is 2. The molecular formula is C17H21N3O2S. The second kappa shape index (κ2) is 7.55. The molecule has 3 heterocycles. The van der Waals surface area contributed by atoms with Crippen LogP contribution in [0.2, 0.25) is 0 Å². The summed E-state index contributed by atoms with van der Waals surface area (Å²) in [4.78, 5) is 27.5. The second-order valence-corrected chi connectivity index (χ2v) is 6.93. The van der Waals surface area contributed by atoms with Gasteiger partial charge < -0.3 is 4.90 Å². The number of rotatable bonds is 6. The number of ketones is 1. The van der Waals surface area contributed by atoms with E-state index >= 15 is 0 Å². The number of H-pyrrole nitrogens is 1. The molecule has 0 saturated carbocycles. The van der Waals surface area contributed by atoms with Gasteiger partial charge in [0.05, 0.1) is 11.1 Å². The van der Waals surface area contributed by atoms with Gasteiger partial charge in [0.1, 0.15) is 0 Å². The van der Waals surface area contributed by atoms with Crippen LogP contribution in [-0.4, -0.2) is 39.9 Å². The van der Waals surface area contributed by atoms with E-state index in [1.807, 2.05) is 28.6 Å². The number of carbonyl (C=O) groups is 2. The number of piperidine rings is 1. The van der Waals surface area contributed by atoms with Crippen LogP contribution in [0.25, 0.3) is 0 Å². The van der Waals surface area contributed by atoms with Crippen molar-refractivity contribution in [3.63, 3.8) is 0 Å². The summed E-state index contributed by atoms with van der Waals surface area (Å²) >= 11 is 1.48. The van der Waals surface area contributed by atoms with Gasteiger partial charge in [0.15, 0.2) is 5.78 Å². The van der Waals surface area contributed by atoms with Gasteiger partial charge in [0, 0.05) is 31.6 Å². The van der Waals surface area contributed by atoms with Gasteiger partial charge in [-0.2, -0.15) is 5.10 Å². The molecule has 1 aliphatic rings. The number of thiophene rings is 1. The third-order valence-electron chi connectivity index (χ3n) is 4.32. The minimum Gasteiger partial charge on any atom is -0.342 e. The Bertz CT molecular complexity index is 637. The fraction of sp³-hybridized carbons (Fsp3) is 0.471. The molecule has 1 amide bonds. The topological polar surface area (TPSA) is 66.1 Å². The van der Waals surface area contributed by atoms with E-state index in [0.717, 1.165) is 42.7 Å². The highest BCUT2D eigenvalue weighted by Gasteiger charge is 2.29. The van der Waals surface area contributed by atoms with E-state index in [4.69, 9.17) is 0 Å². The lowest BCUT2D eigenvalue weighted by atomic mass is 9.92. The fourth-order valence-electron chi connectivity index (χ4n) is 3.05. The van der Waals surface area contributed by atoms with Crippen LogP contribution in [0, 0.1) is 5.92 Å². The molecule has 1 saturated heterocycles. The third kappa shape index (κ3) is 4.07. The van der Waals surface area contributed by atoms with Gasteiger partial charge in [-0.1, -0.05) is 6.07 Å². The van der Waals surface area contributed by atoms with E-state index in [2.05, 4.69) is 10.2 Å². The molecule has 3 rings (SSSR count). The number of nitrogens with zero attached hydrogens (tertiary/aromatic N) is 2. The van der Waals surface area contributed by atoms with E-state index in [0.29, 0.717) is 13.0 Å². The molecule has 0 unspecified atom stereocenters. The first-order valence-corrected chi connectivity index (χ1v) is 8.95. The zero-order valence-electron chi connectivity index (χ0n) is 13.0. The van der Waals surface area contributed by atoms with Crippen LogP contribution in [0.15, 0.2) is 29.9 Å². The van der Waals surface area contributed by atoms with Crippen molar-refractivity contribution in [3.05, 3.63) is 40.3 Å². The quantitative estimate of drug-likeness (QED) is 0.828. The van der Waals surface area contributed by atoms with Crippen molar-refractivity contribution >= 4 is 23.0 Å². The predicted octanol–water partition coefficient (Wildman–Crippen LogP) is 2.92. The van der Waals surface area contributed by atoms with Gasteiger partial charge >= 0.3 is 0 Å². The Balaban J connectivity index is 1.49. The molecule has 0 aromatic carbocycles. The van der Waals surface area contributed by atoms with Crippen LogP contribution in [0.5, 0.6) is 0 Å². The monoisotopic (exact) mass is 331 g/mol. The molecule has 5 nitrogen and oxygen atoms in total. The number of carbonyl (C=O) groups excluding carboxylic acids is 2. The van der Waals surface area contributed by atoms with Gasteiger partial charge in [0.25, 0.3) is 0 Å². The van der Waals surface area contributed by atoms with Crippen molar-refractivity contribution in [2.75, 3.05) is 13.1 Å². The molecule has 1 fully saturated rings. The average molecular weight is 331 g/mol. The number of hydrogen-bond acceptors (Lipinski definition) is 4. The maximum Gasteiger partial charge on any atom is 0.222 e. The highest BCUT2D eigenvalue weighted by Crippen LogP contribution is 2.23. The average Bonchev–Trinajstić information content (AvgIpc) is 3.28. The summed E-state index contributed by atoms with van der Waals surface area (Å²) in [6, 6.07) is 3.78. The largest absolute Gasteiger partial charge is 0.342 e. The van der Waals surface area contributed by atoms with Crippen LogP contribution in [0.1, 0.15) is 40.9 Å². The number of Topliss-reactive ketones (excluding diaryl/α,β-unsaturated/α-hetero) is 1. The van der Waals surface area contributed by atoms with Crippen molar-refractivity contribution in [2.45, 2.75) is 32.1 Å². The number of hydrogen-bond donors (Lipinski definition) is 1. The molecule has 122 valence electrons. The molecule has 1 atom stereocenters. The molecule has 2 aromatic rings. The molecule has 6 heteroatoms. The van der Waals surface area contributed by atoms with Gasteiger partial charge in [0.2, 0.25) is 5.91 Å². The number of aryl methyl sites for hydroxylation is 1. The Kier molecular flexibility index (Phi) is 5.23. The zero-order chi connectivity index (χ0) is 16.1. The summed E-state index contributed by atoms with van der Waals surface area (Å²) in [5.41, 5.74) is 1.13. The van der Waals surface area contributed by atoms with E-state index in [9.17, 15) is 9.59 Å². The van der Waals surface area contributed by atoms with Gasteiger partial charge in [-0.3, -0.25) is 14.7 Å². The van der Waals surface area contributed by atoms with E-state index < -0.39 is 0 Å². The number of nitrogens with one attached hydrogen (secondary N) is 1. The van der Waals surface area contributed by atoms with Crippen LogP contribution < -0.4 is 0 Å². The first-order chi connectivity index (χ1) is 11.2. The van der Waals surface area contributed by atoms with Crippen LogP contribution in [0.3, 0.4) is 0 Å². The summed E-state index contributed by atoms with van der Waals surface area (Å²) in [6.07, 6.45) is 7.66. The van der Waals surface area contributed by atoms with Crippen LogP contribution in [-0.2, 0) is 11.2 Å². The zero-order valence-corrected chi connectivity index (χ0v) is 13.8. The molecular weight excluding hydrogens is 310 g/mol. The van der Waals surface area contributed by atoms with Crippen molar-refractivity contribution in [1.29, 1.82) is 0 Å². The highest BCUT2D eigenvalue weighted by atomic mass is 32.1. The number of amides is 1. The smallest absolute Gasteiger partial charge is 0.222 e. The molecule has 0 radical (unpaired) electrons. The van der Waals surface area contributed by atoms with Crippen molar-refractivity contribution in [1.82, 2.24) is 15.1 Å². The lowest BCUT2D eigenvalue weighted by molar-refractivity contribution is -0.132. The molecule has 23 heavy (non-hydrogen) atoms. The van der Waals surface area contributed by atoms with Crippen molar-refractivity contribution < 1.29 is 9.59 Å². The summed E-state index contributed by atoms with van der Waals surface area (Å²) in [7, 11) is 0. The Morgan fingerprint density at radius 1 is 1.43 bits per heavy atom. The third-order valence-corrected chi connectivity index (χ3v) is 5.20. The SMILES string of the molecule is O=C(c1cccs1)[C@H]1CCCN(C(=O)CCCc2cn[nH]c2)C1. The van der Waals surface area contributed by atoms with E-state index in [1.165, 1.54) is 11.3 Å². The fourth-order valence-corrected chi connectivity index (χ4v) is 3.80. The predicted molar refractivity (Wildman–Crippen MR) is 89.5 cm³/mol. The molecule has 0 aliphatic carbocycles. The Labute approximate surface area is 139 Å². The van der Waals surface area contributed by atoms with Crippen LogP contribution in [0.4, 0.5) is 0 Å². The lowest BCUT2D eigenvalue weighted by Crippen LogP contribution is -2.42. The van der Waals surface area contributed by atoms with E-state index in [-0.39, 0.29) is 17.6 Å². The normalized spacial score (nSPS) is 18.1. The first-order valence-electron chi connectivity index (χ1n) is 8.07. The maximum absolute atomic E-state index is 12.5. The molecule has 1 aliphatic heterocycles. The first kappa shape index (κ1) is 15.9. The number of aromatic amines is 1. The van der Waals surface area contributed by atoms with Crippen molar-refractivity contribution in [2.24, 2.45) is 5.92 Å². The highest BCUT2D eigenvalue weighted by molar-refractivity contribution is 7.12. The van der Waals surface area contributed by atoms with Gasteiger partial charge in [-0.15, -0.1) is 11.3 Å². The Morgan fingerprint density at radius 3 is 3.09 bits per heavy atom. The van der Waals surface area contributed by atoms with Crippen molar-refractivity contribution in [3.8, 4) is 0 Å².